The highest BCUT2D eigenvalue weighted by molar-refractivity contribution is 6.22. The number of pyridine rings is 1. The number of carbonyl (C=O) groups excluding carboxylic acids is 2. The lowest BCUT2D eigenvalue weighted by Crippen LogP contribution is -2.16. The Labute approximate surface area is 193 Å². The molecule has 0 bridgehead atoms. The molecule has 1 amide bonds. The molecule has 1 aliphatic heterocycles. The highest BCUT2D eigenvalue weighted by Crippen LogP contribution is 2.39. The molecule has 34 heavy (non-hydrogen) atoms. The van der Waals surface area contributed by atoms with Crippen molar-refractivity contribution in [2.24, 2.45) is 0 Å². The summed E-state index contributed by atoms with van der Waals surface area (Å²) >= 11 is 0. The number of hydrogen-bond acceptors (Lipinski definition) is 5. The Bertz CT molecular complexity index is 1690. The third kappa shape index (κ3) is 3.02. The second-order valence-electron chi connectivity index (χ2n) is 7.95. The molecule has 0 fully saturated rings. The molecule has 7 heteroatoms. The monoisotopic (exact) mass is 447 g/mol. The lowest BCUT2D eigenvalue weighted by molar-refractivity contribution is 0.102. The van der Waals surface area contributed by atoms with Gasteiger partial charge in [0.15, 0.2) is 11.2 Å². The smallest absolute Gasteiger partial charge is 0.255 e. The van der Waals surface area contributed by atoms with Crippen molar-refractivity contribution in [2.45, 2.75) is 0 Å². The standard InChI is InChI=1S/C27H17N3O4/c31-24-16-10-4-6-12-19(16)28-23-18(24)14-21(29-27(33)15-8-2-1-3-9-15)26-22(23)25(32)17-11-5-7-13-20(17)30-34-26/h1-14,30H,(H,28,31)(H,29,33). The minimum atomic E-state index is -0.392. The number of para-hydroxylation sites is 2. The second-order valence-corrected chi connectivity index (χ2v) is 7.95. The first-order chi connectivity index (χ1) is 16.6. The van der Waals surface area contributed by atoms with Crippen LogP contribution in [0.15, 0.2) is 89.7 Å². The van der Waals surface area contributed by atoms with Crippen LogP contribution < -0.4 is 21.1 Å². The van der Waals surface area contributed by atoms with Gasteiger partial charge < -0.3 is 15.1 Å². The fourth-order valence-corrected chi connectivity index (χ4v) is 4.25. The van der Waals surface area contributed by atoms with Crippen LogP contribution in [-0.4, -0.2) is 16.7 Å². The summed E-state index contributed by atoms with van der Waals surface area (Å²) in [4.78, 5) is 49.2. The van der Waals surface area contributed by atoms with E-state index in [1.807, 2.05) is 12.1 Å². The lowest BCUT2D eigenvalue weighted by Gasteiger charge is -2.16. The Hall–Kier alpha value is -4.91. The van der Waals surface area contributed by atoms with E-state index < -0.39 is 5.91 Å². The molecule has 0 atom stereocenters. The van der Waals surface area contributed by atoms with Gasteiger partial charge in [-0.25, -0.2) is 5.48 Å². The normalized spacial score (nSPS) is 12.3. The van der Waals surface area contributed by atoms with Crippen molar-refractivity contribution in [1.29, 1.82) is 0 Å². The predicted octanol–water partition coefficient (Wildman–Crippen LogP) is 4.88. The van der Waals surface area contributed by atoms with Gasteiger partial charge in [-0.1, -0.05) is 42.5 Å². The minimum absolute atomic E-state index is 0.129. The van der Waals surface area contributed by atoms with Crippen molar-refractivity contribution in [3.8, 4) is 5.75 Å². The van der Waals surface area contributed by atoms with E-state index in [0.29, 0.717) is 33.2 Å². The Morgan fingerprint density at radius 3 is 2.41 bits per heavy atom. The number of anilines is 2. The molecule has 2 heterocycles. The van der Waals surface area contributed by atoms with Crippen molar-refractivity contribution in [2.75, 3.05) is 10.8 Å². The highest BCUT2D eigenvalue weighted by atomic mass is 16.6. The molecular weight excluding hydrogens is 430 g/mol. The molecule has 0 unspecified atom stereocenters. The highest BCUT2D eigenvalue weighted by Gasteiger charge is 2.29. The Balaban J connectivity index is 1.65. The summed E-state index contributed by atoms with van der Waals surface area (Å²) in [7, 11) is 0. The first kappa shape index (κ1) is 19.8. The molecule has 4 aromatic carbocycles. The molecule has 1 aromatic heterocycles. The number of aromatic nitrogens is 1. The van der Waals surface area contributed by atoms with E-state index in [9.17, 15) is 14.4 Å². The maximum Gasteiger partial charge on any atom is 0.255 e. The zero-order chi connectivity index (χ0) is 23.2. The van der Waals surface area contributed by atoms with Crippen molar-refractivity contribution in [3.63, 3.8) is 0 Å². The Morgan fingerprint density at radius 2 is 1.56 bits per heavy atom. The molecule has 5 aromatic rings. The summed E-state index contributed by atoms with van der Waals surface area (Å²) in [6, 6.07) is 24.3. The molecule has 164 valence electrons. The van der Waals surface area contributed by atoms with Gasteiger partial charge in [-0.05, 0) is 42.5 Å². The molecular formula is C27H17N3O4. The summed E-state index contributed by atoms with van der Waals surface area (Å²) in [6.07, 6.45) is 0. The third-order valence-electron chi connectivity index (χ3n) is 5.90. The number of fused-ring (bicyclic) bond motifs is 5. The number of amides is 1. The van der Waals surface area contributed by atoms with E-state index in [4.69, 9.17) is 4.84 Å². The van der Waals surface area contributed by atoms with Crippen LogP contribution in [0.25, 0.3) is 21.8 Å². The van der Waals surface area contributed by atoms with E-state index in [2.05, 4.69) is 15.8 Å². The van der Waals surface area contributed by atoms with Crippen LogP contribution in [0.5, 0.6) is 5.75 Å². The number of nitrogens with one attached hydrogen (secondary N) is 3. The molecule has 0 spiro atoms. The fourth-order valence-electron chi connectivity index (χ4n) is 4.25. The molecule has 0 saturated carbocycles. The van der Waals surface area contributed by atoms with Crippen molar-refractivity contribution < 1.29 is 14.4 Å². The number of H-pyrrole nitrogens is 1. The Kier molecular flexibility index (Phi) is 4.41. The zero-order valence-corrected chi connectivity index (χ0v) is 17.7. The van der Waals surface area contributed by atoms with Crippen molar-refractivity contribution >= 4 is 44.9 Å². The van der Waals surface area contributed by atoms with Gasteiger partial charge in [-0.2, -0.15) is 0 Å². The van der Waals surface area contributed by atoms with E-state index in [-0.39, 0.29) is 33.6 Å². The summed E-state index contributed by atoms with van der Waals surface area (Å²) in [5.74, 6) is -0.594. The summed E-state index contributed by atoms with van der Waals surface area (Å²) in [6.45, 7) is 0. The van der Waals surface area contributed by atoms with Gasteiger partial charge in [0.2, 0.25) is 5.78 Å². The quantitative estimate of drug-likeness (QED) is 0.335. The molecule has 6 rings (SSSR count). The minimum Gasteiger partial charge on any atom is -0.379 e. The molecule has 1 aliphatic rings. The average molecular weight is 447 g/mol. The maximum atomic E-state index is 13.7. The summed E-state index contributed by atoms with van der Waals surface area (Å²) in [5, 5.41) is 3.58. The average Bonchev–Trinajstić information content (AvgIpc) is 3.02. The summed E-state index contributed by atoms with van der Waals surface area (Å²) < 4.78 is 0. The second kappa shape index (κ2) is 7.60. The molecule has 0 aliphatic carbocycles. The number of rotatable bonds is 2. The van der Waals surface area contributed by atoms with Gasteiger partial charge in [0.1, 0.15) is 0 Å². The first-order valence-electron chi connectivity index (χ1n) is 10.7. The van der Waals surface area contributed by atoms with Crippen LogP contribution in [0.2, 0.25) is 0 Å². The van der Waals surface area contributed by atoms with E-state index >= 15 is 0 Å². The molecule has 0 radical (unpaired) electrons. The SMILES string of the molecule is O=C(Nc1cc2c(=O)c3ccccc3[nH]c2c2c1ONc1ccccc1C2=O)c1ccccc1. The van der Waals surface area contributed by atoms with Crippen molar-refractivity contribution in [1.82, 2.24) is 4.98 Å². The number of carbonyl (C=O) groups is 2. The van der Waals surface area contributed by atoms with Crippen LogP contribution in [0, 0.1) is 0 Å². The van der Waals surface area contributed by atoms with Crippen molar-refractivity contribution in [3.05, 3.63) is 112 Å². The van der Waals surface area contributed by atoms with Crippen LogP contribution in [-0.2, 0) is 0 Å². The van der Waals surface area contributed by atoms with Gasteiger partial charge >= 0.3 is 0 Å². The maximum absolute atomic E-state index is 13.7. The lowest BCUT2D eigenvalue weighted by atomic mass is 9.96. The van der Waals surface area contributed by atoms with Crippen LogP contribution in [0.3, 0.4) is 0 Å². The number of ketones is 1. The molecule has 0 saturated heterocycles. The summed E-state index contributed by atoms with van der Waals surface area (Å²) in [5.41, 5.74) is 5.20. The zero-order valence-electron chi connectivity index (χ0n) is 17.7. The van der Waals surface area contributed by atoms with Gasteiger partial charge in [-0.3, -0.25) is 14.4 Å². The van der Waals surface area contributed by atoms with Gasteiger partial charge in [-0.15, -0.1) is 0 Å². The third-order valence-corrected chi connectivity index (χ3v) is 5.90. The van der Waals surface area contributed by atoms with E-state index in [1.165, 1.54) is 0 Å². The van der Waals surface area contributed by atoms with Crippen LogP contribution in [0.1, 0.15) is 26.3 Å². The first-order valence-corrected chi connectivity index (χ1v) is 10.7. The van der Waals surface area contributed by atoms with Crippen LogP contribution >= 0.6 is 0 Å². The van der Waals surface area contributed by atoms with E-state index in [0.717, 1.165) is 0 Å². The number of benzene rings is 4. The largest absolute Gasteiger partial charge is 0.379 e. The van der Waals surface area contributed by atoms with Gasteiger partial charge in [0, 0.05) is 27.4 Å². The Morgan fingerprint density at radius 1 is 0.824 bits per heavy atom. The molecule has 3 N–H and O–H groups in total. The number of aromatic amines is 1. The molecule has 7 nitrogen and oxygen atoms in total. The van der Waals surface area contributed by atoms with Gasteiger partial charge in [0.05, 0.1) is 22.5 Å². The van der Waals surface area contributed by atoms with E-state index in [1.54, 1.807) is 72.8 Å². The number of hydrogen-bond donors (Lipinski definition) is 3. The topological polar surface area (TPSA) is 100 Å². The van der Waals surface area contributed by atoms with Crippen LogP contribution in [0.4, 0.5) is 11.4 Å². The fraction of sp³-hybridized carbons (Fsp3) is 0. The predicted molar refractivity (Wildman–Crippen MR) is 131 cm³/mol. The van der Waals surface area contributed by atoms with Gasteiger partial charge in [0.25, 0.3) is 5.91 Å².